The zero-order valence-corrected chi connectivity index (χ0v) is 35.5. The van der Waals surface area contributed by atoms with Crippen LogP contribution in [0.1, 0.15) is 83.0 Å². The summed E-state index contributed by atoms with van der Waals surface area (Å²) in [5.74, 6) is -3.04. The van der Waals surface area contributed by atoms with E-state index in [1.165, 1.54) is 0 Å². The highest BCUT2D eigenvalue weighted by atomic mass is 28.4. The zero-order chi connectivity index (χ0) is 42.5. The van der Waals surface area contributed by atoms with Gasteiger partial charge < -0.3 is 32.8 Å². The maximum absolute atomic E-state index is 13.9. The second-order valence-corrected chi connectivity index (χ2v) is 20.8. The van der Waals surface area contributed by atoms with Crippen molar-refractivity contribution in [1.29, 1.82) is 0 Å². The minimum absolute atomic E-state index is 0.104. The lowest BCUT2D eigenvalue weighted by atomic mass is 9.97. The molecule has 1 saturated heterocycles. The molecule has 0 N–H and O–H groups in total. The fourth-order valence-corrected chi connectivity index (χ4v) is 13.1. The van der Waals surface area contributed by atoms with Crippen molar-refractivity contribution < 1.29 is 52.0 Å². The predicted octanol–water partition coefficient (Wildman–Crippen LogP) is 9.01. The molecule has 1 aliphatic heterocycles. The Balaban J connectivity index is 1.53. The number of benzene rings is 4. The van der Waals surface area contributed by atoms with Gasteiger partial charge in [0.25, 0.3) is 0 Å². The molecule has 12 heteroatoms. The fourth-order valence-electron chi connectivity index (χ4n) is 7.63. The molecule has 1 heterocycles. The largest absolute Gasteiger partial charge is 0.459 e. The van der Waals surface area contributed by atoms with Crippen LogP contribution in [0.5, 0.6) is 0 Å². The molecule has 0 amide bonds. The average molecular weight is 823 g/mol. The quantitative estimate of drug-likeness (QED) is 0.0412. The molecule has 59 heavy (non-hydrogen) atoms. The lowest BCUT2D eigenvalue weighted by Gasteiger charge is -2.44. The van der Waals surface area contributed by atoms with Crippen molar-refractivity contribution in [3.63, 3.8) is 0 Å². The number of ether oxygens (including phenoxy) is 6. The molecule has 4 aromatic carbocycles. The van der Waals surface area contributed by atoms with E-state index in [-0.39, 0.29) is 35.5 Å². The number of carbonyl (C=O) groups is 4. The van der Waals surface area contributed by atoms with Gasteiger partial charge in [-0.05, 0) is 70.7 Å². The Morgan fingerprint density at radius 2 is 0.915 bits per heavy atom. The van der Waals surface area contributed by atoms with Gasteiger partial charge in [-0.1, -0.05) is 121 Å². The van der Waals surface area contributed by atoms with Crippen molar-refractivity contribution in [1.82, 2.24) is 0 Å². The molecule has 1 aliphatic rings. The van der Waals surface area contributed by atoms with Crippen molar-refractivity contribution in [2.75, 3.05) is 19.8 Å². The molecular formula is C47H54O11Si. The molecule has 0 radical (unpaired) electrons. The molecule has 0 unspecified atom stereocenters. The van der Waals surface area contributed by atoms with Crippen molar-refractivity contribution in [2.45, 2.75) is 88.9 Å². The van der Waals surface area contributed by atoms with Crippen LogP contribution in [-0.2, 0) is 32.8 Å². The Bertz CT molecular complexity index is 1970. The van der Waals surface area contributed by atoms with Crippen LogP contribution in [0.4, 0.5) is 0 Å². The summed E-state index contributed by atoms with van der Waals surface area (Å²) >= 11 is 0. The summed E-state index contributed by atoms with van der Waals surface area (Å²) in [5, 5.41) is 0. The van der Waals surface area contributed by atoms with E-state index in [1.807, 2.05) is 0 Å². The number of hydrogen-bond donors (Lipinski definition) is 0. The number of rotatable bonds is 18. The van der Waals surface area contributed by atoms with E-state index in [0.29, 0.717) is 22.2 Å². The molecule has 4 aromatic rings. The monoisotopic (exact) mass is 822 g/mol. The van der Waals surface area contributed by atoms with Crippen LogP contribution in [0.2, 0.25) is 16.6 Å². The number of hydrogen-bond acceptors (Lipinski definition) is 11. The smallest absolute Gasteiger partial charge is 0.338 e. The predicted molar refractivity (Wildman–Crippen MR) is 224 cm³/mol. The molecule has 0 saturated carbocycles. The van der Waals surface area contributed by atoms with Crippen LogP contribution in [0.25, 0.3) is 0 Å². The molecule has 312 valence electrons. The maximum atomic E-state index is 13.9. The highest BCUT2D eigenvalue weighted by Gasteiger charge is 2.54. The van der Waals surface area contributed by atoms with Gasteiger partial charge in [-0.15, -0.1) is 0 Å². The molecule has 5 atom stereocenters. The van der Waals surface area contributed by atoms with E-state index in [1.54, 1.807) is 121 Å². The lowest BCUT2D eigenvalue weighted by Crippen LogP contribution is -2.63. The van der Waals surface area contributed by atoms with Gasteiger partial charge in [-0.25, -0.2) is 19.2 Å². The first-order valence-corrected chi connectivity index (χ1v) is 22.0. The van der Waals surface area contributed by atoms with Crippen molar-refractivity contribution >= 4 is 32.2 Å². The maximum Gasteiger partial charge on any atom is 0.338 e. The Labute approximate surface area is 347 Å². The topological polar surface area (TPSA) is 133 Å². The summed E-state index contributed by atoms with van der Waals surface area (Å²) in [7, 11) is -2.28. The van der Waals surface area contributed by atoms with E-state index >= 15 is 0 Å². The van der Waals surface area contributed by atoms with Crippen LogP contribution < -0.4 is 0 Å². The van der Waals surface area contributed by atoms with Gasteiger partial charge in [0.05, 0.1) is 35.5 Å². The third-order valence-corrected chi connectivity index (χ3v) is 16.5. The van der Waals surface area contributed by atoms with Crippen molar-refractivity contribution in [3.8, 4) is 0 Å². The molecule has 0 bridgehead atoms. The van der Waals surface area contributed by atoms with Gasteiger partial charge in [0, 0.05) is 0 Å². The average Bonchev–Trinajstić information content (AvgIpc) is 3.24. The van der Waals surface area contributed by atoms with Crippen LogP contribution in [-0.4, -0.2) is 82.7 Å². The summed E-state index contributed by atoms with van der Waals surface area (Å²) in [5.41, 5.74) is 2.42. The van der Waals surface area contributed by atoms with Gasteiger partial charge >= 0.3 is 23.9 Å². The molecule has 5 rings (SSSR count). The molecular weight excluding hydrogens is 769 g/mol. The molecule has 0 spiro atoms. The summed E-state index contributed by atoms with van der Waals surface area (Å²) in [6, 6.07) is 33.0. The Hall–Kier alpha value is -5.40. The first-order chi connectivity index (χ1) is 28.3. The molecule has 0 aliphatic carbocycles. The normalized spacial score (nSPS) is 19.2. The van der Waals surface area contributed by atoms with Crippen molar-refractivity contribution in [3.05, 3.63) is 156 Å². The van der Waals surface area contributed by atoms with Gasteiger partial charge in [0.15, 0.2) is 24.6 Å². The zero-order valence-electron chi connectivity index (χ0n) is 34.5. The minimum atomic E-state index is -2.28. The van der Waals surface area contributed by atoms with Crippen LogP contribution in [0, 0.1) is 0 Å². The summed E-state index contributed by atoms with van der Waals surface area (Å²) < 4.78 is 43.8. The highest BCUT2D eigenvalue weighted by molar-refractivity contribution is 6.77. The second kappa shape index (κ2) is 21.0. The van der Waals surface area contributed by atoms with Crippen molar-refractivity contribution in [2.24, 2.45) is 0 Å². The van der Waals surface area contributed by atoms with Crippen LogP contribution >= 0.6 is 0 Å². The standard InChI is InChI=1S/C47H54O11Si/c1-31(2)59(32(3)4,33(5)6)54-29-34(7)28-53-47-42(58-46(51)38-26-18-11-19-27-38)41(57-45(50)37-24-16-10-17-25-37)40(56-44(49)36-22-14-9-15-23-36)39(55-47)30-52-43(48)35-20-12-8-13-21-35/h8-27,31-33,39-42,47H,7,28-30H2,1-6H3/t39-,40-,41+,42-,47-/m1/s1. The summed E-state index contributed by atoms with van der Waals surface area (Å²) in [4.78, 5) is 54.7. The Kier molecular flexibility index (Phi) is 15.9. The SMILES string of the molecule is C=C(CO[C@@H]1O[C@H](COC(=O)c2ccccc2)[C@@H](OC(=O)c2ccccc2)[C@H](OC(=O)c2ccccc2)[C@H]1OC(=O)c1ccccc1)CO[Si](C(C)C)(C(C)C)C(C)C. The molecule has 11 nitrogen and oxygen atoms in total. The minimum Gasteiger partial charge on any atom is -0.459 e. The first-order valence-electron chi connectivity index (χ1n) is 19.9. The highest BCUT2D eigenvalue weighted by Crippen LogP contribution is 2.42. The van der Waals surface area contributed by atoms with Crippen LogP contribution in [0.15, 0.2) is 133 Å². The number of carbonyl (C=O) groups excluding carboxylic acids is 4. The number of esters is 4. The Morgan fingerprint density at radius 1 is 0.542 bits per heavy atom. The summed E-state index contributed by atoms with van der Waals surface area (Å²) in [6.07, 6.45) is -7.24. The van der Waals surface area contributed by atoms with E-state index in [4.69, 9.17) is 32.8 Å². The molecule has 1 fully saturated rings. The van der Waals surface area contributed by atoms with Gasteiger partial charge in [-0.3, -0.25) is 0 Å². The molecule has 0 aromatic heterocycles. The van der Waals surface area contributed by atoms with E-state index < -0.39 is 69.5 Å². The van der Waals surface area contributed by atoms with Gasteiger partial charge in [0.2, 0.25) is 8.32 Å². The Morgan fingerprint density at radius 3 is 1.32 bits per heavy atom. The van der Waals surface area contributed by atoms with Crippen LogP contribution in [0.3, 0.4) is 0 Å². The second-order valence-electron chi connectivity index (χ2n) is 15.4. The van der Waals surface area contributed by atoms with Gasteiger partial charge in [0.1, 0.15) is 12.7 Å². The fraction of sp³-hybridized carbons (Fsp3) is 0.362. The summed E-state index contributed by atoms with van der Waals surface area (Å²) in [6.45, 7) is 17.0. The van der Waals surface area contributed by atoms with E-state index in [0.717, 1.165) is 0 Å². The third-order valence-electron chi connectivity index (χ3n) is 10.4. The lowest BCUT2D eigenvalue weighted by molar-refractivity contribution is -0.296. The first kappa shape index (κ1) is 44.7. The van der Waals surface area contributed by atoms with E-state index in [9.17, 15) is 19.2 Å². The third kappa shape index (κ3) is 11.4. The van der Waals surface area contributed by atoms with E-state index in [2.05, 4.69) is 48.1 Å². The van der Waals surface area contributed by atoms with Gasteiger partial charge in [-0.2, -0.15) is 0 Å².